The van der Waals surface area contributed by atoms with Gasteiger partial charge in [0.1, 0.15) is 18.0 Å². The van der Waals surface area contributed by atoms with E-state index in [1.807, 2.05) is 54.6 Å². The number of amides is 1. The minimum atomic E-state index is -0.716. The molecule has 0 spiro atoms. The molecule has 5 heteroatoms. The Hall–Kier alpha value is -2.53. The zero-order chi connectivity index (χ0) is 19.9. The van der Waals surface area contributed by atoms with E-state index in [1.54, 1.807) is 27.7 Å². The van der Waals surface area contributed by atoms with E-state index < -0.39 is 23.8 Å². The van der Waals surface area contributed by atoms with Crippen molar-refractivity contribution in [3.8, 4) is 5.75 Å². The largest absolute Gasteiger partial charge is 0.489 e. The van der Waals surface area contributed by atoms with Crippen LogP contribution in [-0.2, 0) is 17.8 Å². The lowest BCUT2D eigenvalue weighted by molar-refractivity contribution is 0.0437. The molecule has 0 aromatic heterocycles. The number of aliphatic hydroxyl groups excluding tert-OH is 1. The van der Waals surface area contributed by atoms with Gasteiger partial charge in [0.05, 0.1) is 12.1 Å². The topological polar surface area (TPSA) is 67.8 Å². The summed E-state index contributed by atoms with van der Waals surface area (Å²) in [6.45, 7) is 7.55. The molecule has 0 unspecified atom stereocenters. The van der Waals surface area contributed by atoms with Crippen LogP contribution in [0, 0.1) is 0 Å². The predicted molar refractivity (Wildman–Crippen MR) is 106 cm³/mol. The number of benzene rings is 2. The fourth-order valence-corrected chi connectivity index (χ4v) is 2.56. The predicted octanol–water partition coefficient (Wildman–Crippen LogP) is 4.08. The fourth-order valence-electron chi connectivity index (χ4n) is 2.56. The molecule has 0 radical (unpaired) electrons. The molecule has 0 bridgehead atoms. The molecule has 2 atom stereocenters. The zero-order valence-corrected chi connectivity index (χ0v) is 16.4. The third-order valence-electron chi connectivity index (χ3n) is 3.89. The highest BCUT2D eigenvalue weighted by molar-refractivity contribution is 5.68. The number of alkyl carbamates (subject to hydrolysis) is 1. The Morgan fingerprint density at radius 1 is 1.07 bits per heavy atom. The lowest BCUT2D eigenvalue weighted by Crippen LogP contribution is -2.45. The highest BCUT2D eigenvalue weighted by atomic mass is 16.6. The summed E-state index contributed by atoms with van der Waals surface area (Å²) in [7, 11) is 0. The van der Waals surface area contributed by atoms with Gasteiger partial charge in [0.2, 0.25) is 0 Å². The Balaban J connectivity index is 1.98. The smallest absolute Gasteiger partial charge is 0.407 e. The van der Waals surface area contributed by atoms with Crippen molar-refractivity contribution in [1.82, 2.24) is 5.32 Å². The van der Waals surface area contributed by atoms with Crippen molar-refractivity contribution >= 4 is 6.09 Å². The van der Waals surface area contributed by atoms with Crippen molar-refractivity contribution in [2.45, 2.75) is 58.5 Å². The van der Waals surface area contributed by atoms with Gasteiger partial charge in [-0.1, -0.05) is 42.5 Å². The maximum atomic E-state index is 12.0. The molecular formula is C22H29NO4. The van der Waals surface area contributed by atoms with Crippen LogP contribution in [0.4, 0.5) is 4.79 Å². The van der Waals surface area contributed by atoms with E-state index in [0.717, 1.165) is 16.9 Å². The normalized spacial score (nSPS) is 13.5. The molecule has 0 fully saturated rings. The second kappa shape index (κ2) is 9.42. The van der Waals surface area contributed by atoms with Crippen LogP contribution < -0.4 is 10.1 Å². The zero-order valence-electron chi connectivity index (χ0n) is 16.4. The van der Waals surface area contributed by atoms with Crippen LogP contribution in [0.3, 0.4) is 0 Å². The molecule has 0 heterocycles. The highest BCUT2D eigenvalue weighted by Crippen LogP contribution is 2.17. The van der Waals surface area contributed by atoms with Gasteiger partial charge in [-0.05, 0) is 57.4 Å². The first-order chi connectivity index (χ1) is 12.7. The number of ether oxygens (including phenoxy) is 2. The number of carbonyl (C=O) groups is 1. The fraction of sp³-hybridized carbons (Fsp3) is 0.409. The van der Waals surface area contributed by atoms with Crippen molar-refractivity contribution < 1.29 is 19.4 Å². The van der Waals surface area contributed by atoms with E-state index in [-0.39, 0.29) is 0 Å². The summed E-state index contributed by atoms with van der Waals surface area (Å²) in [6.07, 6.45) is -0.782. The molecule has 5 nitrogen and oxygen atoms in total. The Morgan fingerprint density at radius 3 is 2.37 bits per heavy atom. The second-order valence-electron chi connectivity index (χ2n) is 7.62. The minimum Gasteiger partial charge on any atom is -0.489 e. The Bertz CT molecular complexity index is 723. The van der Waals surface area contributed by atoms with Crippen LogP contribution in [0.25, 0.3) is 0 Å². The summed E-state index contributed by atoms with van der Waals surface area (Å²) in [5.74, 6) is 0.748. The van der Waals surface area contributed by atoms with E-state index in [9.17, 15) is 9.90 Å². The molecular weight excluding hydrogens is 342 g/mol. The number of hydrogen-bond donors (Lipinski definition) is 2. The van der Waals surface area contributed by atoms with Gasteiger partial charge < -0.3 is 19.9 Å². The Morgan fingerprint density at radius 2 is 1.74 bits per heavy atom. The van der Waals surface area contributed by atoms with Crippen LogP contribution in [0.15, 0.2) is 54.6 Å². The van der Waals surface area contributed by atoms with Gasteiger partial charge in [0, 0.05) is 0 Å². The highest BCUT2D eigenvalue weighted by Gasteiger charge is 2.22. The van der Waals surface area contributed by atoms with E-state index >= 15 is 0 Å². The minimum absolute atomic E-state index is 0.454. The summed E-state index contributed by atoms with van der Waals surface area (Å²) in [5, 5.41) is 12.8. The van der Waals surface area contributed by atoms with Crippen molar-refractivity contribution in [3.05, 3.63) is 65.7 Å². The summed E-state index contributed by atoms with van der Waals surface area (Å²) in [6, 6.07) is 17.2. The van der Waals surface area contributed by atoms with E-state index in [0.29, 0.717) is 13.0 Å². The first kappa shape index (κ1) is 20.8. The average molecular weight is 371 g/mol. The van der Waals surface area contributed by atoms with Gasteiger partial charge in [0.15, 0.2) is 0 Å². The summed E-state index contributed by atoms with van der Waals surface area (Å²) >= 11 is 0. The first-order valence-electron chi connectivity index (χ1n) is 9.16. The maximum absolute atomic E-state index is 12.0. The van der Waals surface area contributed by atoms with Crippen molar-refractivity contribution in [3.63, 3.8) is 0 Å². The van der Waals surface area contributed by atoms with Crippen LogP contribution in [0.5, 0.6) is 5.75 Å². The van der Waals surface area contributed by atoms with Crippen LogP contribution >= 0.6 is 0 Å². The SMILES string of the molecule is C[C@@H](O)[C@H](Cc1cccc(OCc2ccccc2)c1)NC(=O)OC(C)(C)C. The number of aliphatic hydroxyl groups is 1. The molecule has 0 saturated heterocycles. The summed E-state index contributed by atoms with van der Waals surface area (Å²) in [5.41, 5.74) is 1.47. The van der Waals surface area contributed by atoms with Gasteiger partial charge >= 0.3 is 6.09 Å². The molecule has 2 N–H and O–H groups in total. The van der Waals surface area contributed by atoms with Crippen LogP contribution in [-0.4, -0.2) is 28.9 Å². The van der Waals surface area contributed by atoms with E-state index in [4.69, 9.17) is 9.47 Å². The van der Waals surface area contributed by atoms with Crippen LogP contribution in [0.1, 0.15) is 38.8 Å². The molecule has 27 heavy (non-hydrogen) atoms. The van der Waals surface area contributed by atoms with Gasteiger partial charge in [0.25, 0.3) is 0 Å². The number of rotatable bonds is 7. The number of nitrogens with one attached hydrogen (secondary N) is 1. The average Bonchev–Trinajstić information content (AvgIpc) is 2.59. The Kier molecular flexibility index (Phi) is 7.25. The third kappa shape index (κ3) is 7.71. The molecule has 0 saturated carbocycles. The van der Waals surface area contributed by atoms with Gasteiger partial charge in [-0.3, -0.25) is 0 Å². The van der Waals surface area contributed by atoms with E-state index in [2.05, 4.69) is 5.32 Å². The molecule has 2 aromatic carbocycles. The summed E-state index contributed by atoms with van der Waals surface area (Å²) < 4.78 is 11.1. The quantitative estimate of drug-likeness (QED) is 0.769. The lowest BCUT2D eigenvalue weighted by atomic mass is 10.0. The molecule has 1 amide bonds. The van der Waals surface area contributed by atoms with Crippen molar-refractivity contribution in [2.75, 3.05) is 0 Å². The van der Waals surface area contributed by atoms with Crippen LogP contribution in [0.2, 0.25) is 0 Å². The monoisotopic (exact) mass is 371 g/mol. The molecule has 0 aliphatic carbocycles. The summed E-state index contributed by atoms with van der Waals surface area (Å²) in [4.78, 5) is 12.0. The second-order valence-corrected chi connectivity index (χ2v) is 7.62. The standard InChI is InChI=1S/C22H29NO4/c1-16(24)20(23-21(25)27-22(2,3)4)14-18-11-8-12-19(13-18)26-15-17-9-6-5-7-10-17/h5-13,16,20,24H,14-15H2,1-4H3,(H,23,25)/t16-,20+/m1/s1. The number of hydrogen-bond acceptors (Lipinski definition) is 4. The number of carbonyl (C=O) groups excluding carboxylic acids is 1. The molecule has 2 aromatic rings. The van der Waals surface area contributed by atoms with Gasteiger partial charge in [-0.25, -0.2) is 4.79 Å². The molecule has 0 aliphatic heterocycles. The maximum Gasteiger partial charge on any atom is 0.407 e. The Labute approximate surface area is 161 Å². The molecule has 0 aliphatic rings. The molecule has 146 valence electrons. The van der Waals surface area contributed by atoms with Crippen molar-refractivity contribution in [2.24, 2.45) is 0 Å². The first-order valence-corrected chi connectivity index (χ1v) is 9.16. The van der Waals surface area contributed by atoms with Gasteiger partial charge in [-0.2, -0.15) is 0 Å². The van der Waals surface area contributed by atoms with Gasteiger partial charge in [-0.15, -0.1) is 0 Å². The van der Waals surface area contributed by atoms with E-state index in [1.165, 1.54) is 0 Å². The molecule has 2 rings (SSSR count). The van der Waals surface area contributed by atoms with Crippen molar-refractivity contribution in [1.29, 1.82) is 0 Å². The lowest BCUT2D eigenvalue weighted by Gasteiger charge is -2.25. The third-order valence-corrected chi connectivity index (χ3v) is 3.89.